The monoisotopic (exact) mass is 227 g/mol. The van der Waals surface area contributed by atoms with Gasteiger partial charge in [0.2, 0.25) is 0 Å². The molecule has 0 atom stereocenters. The molecule has 0 saturated heterocycles. The molecule has 0 aliphatic carbocycles. The van der Waals surface area contributed by atoms with Crippen LogP contribution >= 0.6 is 0 Å². The molecule has 0 bridgehead atoms. The Bertz CT molecular complexity index is 538. The highest BCUT2D eigenvalue weighted by atomic mass is 16.5. The van der Waals surface area contributed by atoms with Gasteiger partial charge in [-0.05, 0) is 17.7 Å². The van der Waals surface area contributed by atoms with Gasteiger partial charge in [0, 0.05) is 12.4 Å². The predicted molar refractivity (Wildman–Crippen MR) is 59.0 cm³/mol. The quantitative estimate of drug-likeness (QED) is 0.786. The third kappa shape index (κ3) is 2.69. The molecule has 17 heavy (non-hydrogen) atoms. The summed E-state index contributed by atoms with van der Waals surface area (Å²) in [6, 6.07) is 8.88. The number of aromatic nitrogens is 2. The van der Waals surface area contributed by atoms with Crippen LogP contribution in [0, 0.1) is 11.3 Å². The molecule has 1 aromatic carbocycles. The number of hydrogen-bond donors (Lipinski definition) is 0. The summed E-state index contributed by atoms with van der Waals surface area (Å²) in [6.45, 7) is 0.169. The second-order valence-corrected chi connectivity index (χ2v) is 3.33. The molecule has 5 heteroatoms. The van der Waals surface area contributed by atoms with Crippen LogP contribution in [0.3, 0.4) is 0 Å². The highest BCUT2D eigenvalue weighted by Crippen LogP contribution is 2.05. The maximum atomic E-state index is 11.5. The van der Waals surface area contributed by atoms with E-state index >= 15 is 0 Å². The second-order valence-electron chi connectivity index (χ2n) is 3.33. The van der Waals surface area contributed by atoms with E-state index in [9.17, 15) is 4.79 Å². The van der Waals surface area contributed by atoms with Crippen LogP contribution in [0.1, 0.15) is 11.1 Å². The number of nitrogens with zero attached hydrogens (tertiary/aromatic N) is 3. The van der Waals surface area contributed by atoms with E-state index in [1.807, 2.05) is 6.07 Å². The molecule has 0 fully saturated rings. The van der Waals surface area contributed by atoms with Crippen molar-refractivity contribution in [3.8, 4) is 6.07 Å². The van der Waals surface area contributed by atoms with Gasteiger partial charge in [-0.25, -0.2) is 14.3 Å². The van der Waals surface area contributed by atoms with Crippen LogP contribution in [0.25, 0.3) is 0 Å². The first kappa shape index (κ1) is 10.9. The number of carbonyl (C=O) groups is 1. The minimum absolute atomic E-state index is 0.169. The molecule has 0 saturated carbocycles. The Morgan fingerprint density at radius 2 is 2.18 bits per heavy atom. The Morgan fingerprint density at radius 3 is 2.76 bits per heavy atom. The van der Waals surface area contributed by atoms with Gasteiger partial charge in [0.15, 0.2) is 0 Å². The molecule has 0 unspecified atom stereocenters. The lowest BCUT2D eigenvalue weighted by atomic mass is 10.2. The molecule has 0 N–H and O–H groups in total. The maximum absolute atomic E-state index is 11.5. The van der Waals surface area contributed by atoms with E-state index < -0.39 is 6.09 Å². The first-order valence-electron chi connectivity index (χ1n) is 4.94. The lowest BCUT2D eigenvalue weighted by molar-refractivity contribution is 0.141. The summed E-state index contributed by atoms with van der Waals surface area (Å²) >= 11 is 0. The maximum Gasteiger partial charge on any atom is 0.419 e. The number of benzene rings is 1. The lowest BCUT2D eigenvalue weighted by Crippen LogP contribution is -2.11. The number of rotatable bonds is 2. The number of imidazole rings is 1. The lowest BCUT2D eigenvalue weighted by Gasteiger charge is -2.04. The Balaban J connectivity index is 1.94. The minimum Gasteiger partial charge on any atom is -0.444 e. The van der Waals surface area contributed by atoms with E-state index in [2.05, 4.69) is 4.98 Å². The fourth-order valence-corrected chi connectivity index (χ4v) is 1.26. The summed E-state index contributed by atoms with van der Waals surface area (Å²) in [5.74, 6) is 0. The van der Waals surface area contributed by atoms with Gasteiger partial charge in [0.1, 0.15) is 12.9 Å². The molecule has 84 valence electrons. The smallest absolute Gasteiger partial charge is 0.419 e. The van der Waals surface area contributed by atoms with Gasteiger partial charge in [0.25, 0.3) is 0 Å². The van der Waals surface area contributed by atoms with Crippen molar-refractivity contribution in [3.63, 3.8) is 0 Å². The molecular weight excluding hydrogens is 218 g/mol. The van der Waals surface area contributed by atoms with Gasteiger partial charge < -0.3 is 4.74 Å². The predicted octanol–water partition coefficient (Wildman–Crippen LogP) is 1.94. The standard InChI is InChI=1S/C12H9N3O2/c13-7-10-1-3-11(4-2-10)8-17-12(16)15-6-5-14-9-15/h1-6,9H,8H2. The van der Waals surface area contributed by atoms with Crippen molar-refractivity contribution < 1.29 is 9.53 Å². The highest BCUT2D eigenvalue weighted by molar-refractivity contribution is 5.69. The van der Waals surface area contributed by atoms with E-state index in [0.717, 1.165) is 5.56 Å². The number of hydrogen-bond acceptors (Lipinski definition) is 4. The van der Waals surface area contributed by atoms with Crippen molar-refractivity contribution in [1.82, 2.24) is 9.55 Å². The number of ether oxygens (including phenoxy) is 1. The largest absolute Gasteiger partial charge is 0.444 e. The normalized spacial score (nSPS) is 9.59. The first-order chi connectivity index (χ1) is 8.29. The molecular formula is C12H9N3O2. The summed E-state index contributed by atoms with van der Waals surface area (Å²) < 4.78 is 6.30. The fourth-order valence-electron chi connectivity index (χ4n) is 1.26. The molecule has 5 nitrogen and oxygen atoms in total. The average molecular weight is 227 g/mol. The molecule has 0 amide bonds. The molecule has 2 aromatic rings. The average Bonchev–Trinajstić information content (AvgIpc) is 2.90. The zero-order chi connectivity index (χ0) is 12.1. The van der Waals surface area contributed by atoms with E-state index in [1.54, 1.807) is 24.3 Å². The van der Waals surface area contributed by atoms with E-state index in [-0.39, 0.29) is 6.61 Å². The Kier molecular flexibility index (Phi) is 3.17. The molecule has 1 aromatic heterocycles. The topological polar surface area (TPSA) is 67.9 Å². The summed E-state index contributed by atoms with van der Waals surface area (Å²) in [6.07, 6.45) is 3.91. The third-order valence-corrected chi connectivity index (χ3v) is 2.16. The van der Waals surface area contributed by atoms with Crippen LogP contribution in [-0.4, -0.2) is 15.6 Å². The zero-order valence-corrected chi connectivity index (χ0v) is 8.91. The molecule has 0 radical (unpaired) electrons. The number of nitriles is 1. The van der Waals surface area contributed by atoms with Crippen molar-refractivity contribution in [3.05, 3.63) is 54.1 Å². The highest BCUT2D eigenvalue weighted by Gasteiger charge is 2.04. The molecule has 0 aliphatic rings. The van der Waals surface area contributed by atoms with Gasteiger partial charge in [-0.2, -0.15) is 5.26 Å². The van der Waals surface area contributed by atoms with Crippen LogP contribution in [0.5, 0.6) is 0 Å². The van der Waals surface area contributed by atoms with Crippen LogP contribution in [0.15, 0.2) is 43.0 Å². The van der Waals surface area contributed by atoms with E-state index in [4.69, 9.17) is 10.00 Å². The molecule has 1 heterocycles. The van der Waals surface area contributed by atoms with Gasteiger partial charge in [0.05, 0.1) is 11.6 Å². The van der Waals surface area contributed by atoms with E-state index in [0.29, 0.717) is 5.56 Å². The second kappa shape index (κ2) is 4.94. The van der Waals surface area contributed by atoms with Crippen LogP contribution in [0.4, 0.5) is 4.79 Å². The van der Waals surface area contributed by atoms with Crippen molar-refractivity contribution in [1.29, 1.82) is 5.26 Å². The molecule has 0 spiro atoms. The Labute approximate surface area is 97.9 Å². The summed E-state index contributed by atoms with van der Waals surface area (Å²) in [5, 5.41) is 8.63. The summed E-state index contributed by atoms with van der Waals surface area (Å²) in [7, 11) is 0. The SMILES string of the molecule is N#Cc1ccc(COC(=O)n2ccnc2)cc1. The van der Waals surface area contributed by atoms with Crippen molar-refractivity contribution >= 4 is 6.09 Å². The summed E-state index contributed by atoms with van der Waals surface area (Å²) in [5.41, 5.74) is 1.41. The van der Waals surface area contributed by atoms with Crippen molar-refractivity contribution in [2.45, 2.75) is 6.61 Å². The van der Waals surface area contributed by atoms with E-state index in [1.165, 1.54) is 23.3 Å². The van der Waals surface area contributed by atoms with Gasteiger partial charge in [-0.15, -0.1) is 0 Å². The van der Waals surface area contributed by atoms with Gasteiger partial charge in [-0.3, -0.25) is 0 Å². The molecule has 0 aliphatic heterocycles. The molecule has 2 rings (SSSR count). The van der Waals surface area contributed by atoms with Gasteiger partial charge in [-0.1, -0.05) is 12.1 Å². The minimum atomic E-state index is -0.480. The van der Waals surface area contributed by atoms with Crippen molar-refractivity contribution in [2.75, 3.05) is 0 Å². The van der Waals surface area contributed by atoms with Crippen LogP contribution < -0.4 is 0 Å². The Hall–Kier alpha value is -2.61. The summed E-state index contributed by atoms with van der Waals surface area (Å²) in [4.78, 5) is 15.2. The van der Waals surface area contributed by atoms with Crippen LogP contribution in [0.2, 0.25) is 0 Å². The number of carbonyl (C=O) groups excluding carboxylic acids is 1. The fraction of sp³-hybridized carbons (Fsp3) is 0.0833. The first-order valence-corrected chi connectivity index (χ1v) is 4.94. The third-order valence-electron chi connectivity index (χ3n) is 2.16. The van der Waals surface area contributed by atoms with Gasteiger partial charge >= 0.3 is 6.09 Å². The Morgan fingerprint density at radius 1 is 1.41 bits per heavy atom. The zero-order valence-electron chi connectivity index (χ0n) is 8.91. The van der Waals surface area contributed by atoms with Crippen LogP contribution in [-0.2, 0) is 11.3 Å². The van der Waals surface area contributed by atoms with Crippen molar-refractivity contribution in [2.24, 2.45) is 0 Å².